The van der Waals surface area contributed by atoms with E-state index >= 15 is 0 Å². The zero-order valence-electron chi connectivity index (χ0n) is 11.7. The van der Waals surface area contributed by atoms with E-state index in [0.29, 0.717) is 11.3 Å². The van der Waals surface area contributed by atoms with Gasteiger partial charge in [0, 0.05) is 18.1 Å². The van der Waals surface area contributed by atoms with E-state index in [1.54, 1.807) is 18.2 Å². The third-order valence-corrected chi connectivity index (χ3v) is 3.73. The maximum atomic E-state index is 12.0. The zero-order valence-corrected chi connectivity index (χ0v) is 11.7. The fourth-order valence-electron chi connectivity index (χ4n) is 2.73. The van der Waals surface area contributed by atoms with Crippen molar-refractivity contribution in [1.82, 2.24) is 0 Å². The van der Waals surface area contributed by atoms with Crippen molar-refractivity contribution in [3.05, 3.63) is 47.1 Å². The predicted molar refractivity (Wildman–Crippen MR) is 74.2 cm³/mol. The zero-order chi connectivity index (χ0) is 15.2. The number of phenols is 1. The van der Waals surface area contributed by atoms with Crippen molar-refractivity contribution in [2.75, 3.05) is 7.11 Å². The number of hydrogen-bond acceptors (Lipinski definition) is 5. The summed E-state index contributed by atoms with van der Waals surface area (Å²) in [5.74, 6) is -0.268. The summed E-state index contributed by atoms with van der Waals surface area (Å²) < 4.78 is 10.7. The van der Waals surface area contributed by atoms with E-state index < -0.39 is 11.6 Å². The van der Waals surface area contributed by atoms with Crippen molar-refractivity contribution < 1.29 is 24.2 Å². The average molecular weight is 286 g/mol. The Balaban J connectivity index is 2.09. The number of allylic oxidation sites excluding steroid dienone is 2. The lowest BCUT2D eigenvalue weighted by molar-refractivity contribution is -0.138. The van der Waals surface area contributed by atoms with Crippen molar-refractivity contribution >= 4 is 11.8 Å². The molecule has 0 aromatic heterocycles. The van der Waals surface area contributed by atoms with Crippen LogP contribution in [0.5, 0.6) is 11.5 Å². The molecule has 1 heterocycles. The van der Waals surface area contributed by atoms with Gasteiger partial charge in [-0.05, 0) is 36.8 Å². The van der Waals surface area contributed by atoms with E-state index in [9.17, 15) is 14.7 Å². The van der Waals surface area contributed by atoms with Gasteiger partial charge in [-0.25, -0.2) is 4.79 Å². The average Bonchev–Trinajstić information content (AvgIpc) is 2.80. The molecule has 5 nitrogen and oxygen atoms in total. The molecule has 1 aromatic carbocycles. The monoisotopic (exact) mass is 286 g/mol. The standard InChI is InChI=1S/C16H14O5/c1-9-5-13(18)11-8-16(21-14(11)6-9)4-3-10(17)7-12(16)15(19)20-2/h3-7,18H,8H2,1-2H3/t16-/m0/s1. The van der Waals surface area contributed by atoms with Gasteiger partial charge in [0.1, 0.15) is 11.5 Å². The van der Waals surface area contributed by atoms with Crippen molar-refractivity contribution in [3.8, 4) is 11.5 Å². The number of hydrogen-bond donors (Lipinski definition) is 1. The molecule has 0 amide bonds. The lowest BCUT2D eigenvalue weighted by atomic mass is 9.84. The van der Waals surface area contributed by atoms with Crippen LogP contribution in [0, 0.1) is 6.92 Å². The van der Waals surface area contributed by atoms with Gasteiger partial charge >= 0.3 is 5.97 Å². The minimum absolute atomic E-state index is 0.122. The molecule has 1 atom stereocenters. The van der Waals surface area contributed by atoms with Crippen molar-refractivity contribution in [2.45, 2.75) is 18.9 Å². The molecular formula is C16H14O5. The van der Waals surface area contributed by atoms with Gasteiger partial charge in [0.25, 0.3) is 0 Å². The van der Waals surface area contributed by atoms with Gasteiger partial charge in [-0.3, -0.25) is 4.79 Å². The fourth-order valence-corrected chi connectivity index (χ4v) is 2.73. The van der Waals surface area contributed by atoms with E-state index in [2.05, 4.69) is 0 Å². The molecule has 108 valence electrons. The smallest absolute Gasteiger partial charge is 0.338 e. The minimum atomic E-state index is -1.09. The maximum absolute atomic E-state index is 12.0. The molecule has 0 saturated heterocycles. The molecule has 0 fully saturated rings. The van der Waals surface area contributed by atoms with E-state index in [1.807, 2.05) is 6.92 Å². The number of ketones is 1. The van der Waals surface area contributed by atoms with Crippen LogP contribution in [0.25, 0.3) is 0 Å². The van der Waals surface area contributed by atoms with Crippen LogP contribution in [0.3, 0.4) is 0 Å². The molecule has 0 saturated carbocycles. The minimum Gasteiger partial charge on any atom is -0.508 e. The second-order valence-electron chi connectivity index (χ2n) is 5.21. The fraction of sp³-hybridized carbons (Fsp3) is 0.250. The Morgan fingerprint density at radius 2 is 2.19 bits per heavy atom. The van der Waals surface area contributed by atoms with Gasteiger partial charge in [-0.2, -0.15) is 0 Å². The van der Waals surface area contributed by atoms with Gasteiger partial charge in [0.05, 0.1) is 12.7 Å². The number of rotatable bonds is 1. The molecular weight excluding hydrogens is 272 g/mol. The number of carbonyl (C=O) groups is 2. The number of fused-ring (bicyclic) bond motifs is 1. The number of esters is 1. The second kappa shape index (κ2) is 4.48. The van der Waals surface area contributed by atoms with E-state index in [1.165, 1.54) is 19.3 Å². The molecule has 21 heavy (non-hydrogen) atoms. The van der Waals surface area contributed by atoms with E-state index in [-0.39, 0.29) is 23.5 Å². The van der Waals surface area contributed by atoms with Crippen molar-refractivity contribution in [1.29, 1.82) is 0 Å². The third kappa shape index (κ3) is 2.01. The quantitative estimate of drug-likeness (QED) is 0.794. The number of aromatic hydroxyl groups is 1. The molecule has 1 spiro atoms. The number of carbonyl (C=O) groups excluding carboxylic acids is 2. The predicted octanol–water partition coefficient (Wildman–Crippen LogP) is 1.61. The highest BCUT2D eigenvalue weighted by Gasteiger charge is 2.47. The molecule has 5 heteroatoms. The highest BCUT2D eigenvalue weighted by Crippen LogP contribution is 2.45. The first kappa shape index (κ1) is 13.4. The van der Waals surface area contributed by atoms with Crippen LogP contribution in [0.15, 0.2) is 35.9 Å². The van der Waals surface area contributed by atoms with Crippen LogP contribution in [0.4, 0.5) is 0 Å². The molecule has 1 aliphatic carbocycles. The lowest BCUT2D eigenvalue weighted by Crippen LogP contribution is -2.40. The summed E-state index contributed by atoms with van der Waals surface area (Å²) in [5, 5.41) is 10.1. The number of benzene rings is 1. The summed E-state index contributed by atoms with van der Waals surface area (Å²) in [5.41, 5.74) is 0.525. The number of methoxy groups -OCH3 is 1. The van der Waals surface area contributed by atoms with Crippen LogP contribution in [-0.2, 0) is 20.7 Å². The Labute approximate surface area is 121 Å². The summed E-state index contributed by atoms with van der Waals surface area (Å²) in [6.07, 6.45) is 4.42. The summed E-state index contributed by atoms with van der Waals surface area (Å²) in [6, 6.07) is 3.43. The first-order valence-corrected chi connectivity index (χ1v) is 6.50. The van der Waals surface area contributed by atoms with Gasteiger partial charge in [-0.1, -0.05) is 0 Å². The first-order chi connectivity index (χ1) is 9.95. The van der Waals surface area contributed by atoms with Crippen molar-refractivity contribution in [3.63, 3.8) is 0 Å². The van der Waals surface area contributed by atoms with Crippen LogP contribution in [0.1, 0.15) is 11.1 Å². The normalized spacial score (nSPS) is 22.8. The summed E-state index contributed by atoms with van der Waals surface area (Å²) >= 11 is 0. The van der Waals surface area contributed by atoms with Crippen LogP contribution in [0.2, 0.25) is 0 Å². The largest absolute Gasteiger partial charge is 0.508 e. The SMILES string of the molecule is COC(=O)C1=CC(=O)C=C[C@]12Cc1c(O)cc(C)cc1O2. The van der Waals surface area contributed by atoms with E-state index in [4.69, 9.17) is 9.47 Å². The molecule has 1 N–H and O–H groups in total. The summed E-state index contributed by atoms with van der Waals surface area (Å²) in [6.45, 7) is 1.84. The molecule has 0 radical (unpaired) electrons. The number of phenolic OH excluding ortho intramolecular Hbond substituents is 1. The topological polar surface area (TPSA) is 72.8 Å². The maximum Gasteiger partial charge on any atom is 0.338 e. The van der Waals surface area contributed by atoms with Crippen LogP contribution in [-0.4, -0.2) is 29.6 Å². The van der Waals surface area contributed by atoms with Gasteiger partial charge in [-0.15, -0.1) is 0 Å². The Kier molecular flexibility index (Phi) is 2.86. The van der Waals surface area contributed by atoms with Gasteiger partial charge in [0.2, 0.25) is 0 Å². The molecule has 1 aliphatic heterocycles. The van der Waals surface area contributed by atoms with E-state index in [0.717, 1.165) is 5.56 Å². The Morgan fingerprint density at radius 1 is 1.43 bits per heavy atom. The summed E-state index contributed by atoms with van der Waals surface area (Å²) in [4.78, 5) is 23.5. The van der Waals surface area contributed by atoms with Crippen LogP contribution < -0.4 is 4.74 Å². The third-order valence-electron chi connectivity index (χ3n) is 3.73. The molecule has 1 aromatic rings. The highest BCUT2D eigenvalue weighted by atomic mass is 16.5. The van der Waals surface area contributed by atoms with Crippen LogP contribution >= 0.6 is 0 Å². The molecule has 2 aliphatic rings. The molecule has 0 bridgehead atoms. The lowest BCUT2D eigenvalue weighted by Gasteiger charge is -2.28. The number of ether oxygens (including phenoxy) is 2. The molecule has 3 rings (SSSR count). The van der Waals surface area contributed by atoms with Gasteiger partial charge < -0.3 is 14.6 Å². The van der Waals surface area contributed by atoms with Gasteiger partial charge in [0.15, 0.2) is 11.4 Å². The Morgan fingerprint density at radius 3 is 2.90 bits per heavy atom. The first-order valence-electron chi connectivity index (χ1n) is 6.50. The highest BCUT2D eigenvalue weighted by molar-refractivity contribution is 6.08. The molecule has 0 unspecified atom stereocenters. The number of aryl methyl sites for hydroxylation is 1. The Hall–Kier alpha value is -2.56. The second-order valence-corrected chi connectivity index (χ2v) is 5.21. The summed E-state index contributed by atoms with van der Waals surface area (Å²) in [7, 11) is 1.25. The van der Waals surface area contributed by atoms with Crippen molar-refractivity contribution in [2.24, 2.45) is 0 Å². The Bertz CT molecular complexity index is 714.